The third kappa shape index (κ3) is 4.27. The molecule has 0 radical (unpaired) electrons. The molecule has 76 valence electrons. The maximum atomic E-state index is 10.3. The summed E-state index contributed by atoms with van der Waals surface area (Å²) in [4.78, 5) is 10.3. The van der Waals surface area contributed by atoms with E-state index in [4.69, 9.17) is 10.8 Å². The number of hydrogen-bond donors (Lipinski definition) is 2. The van der Waals surface area contributed by atoms with Crippen LogP contribution in [0.1, 0.15) is 44.9 Å². The van der Waals surface area contributed by atoms with Crippen molar-refractivity contribution >= 4 is 5.97 Å². The molecule has 1 fully saturated rings. The highest BCUT2D eigenvalue weighted by atomic mass is 16.4. The minimum atomic E-state index is -0.734. The van der Waals surface area contributed by atoms with E-state index in [1.54, 1.807) is 0 Å². The summed E-state index contributed by atoms with van der Waals surface area (Å²) in [5, 5.41) is 8.47. The quantitative estimate of drug-likeness (QED) is 0.686. The van der Waals surface area contributed by atoms with Gasteiger partial charge >= 0.3 is 5.97 Å². The van der Waals surface area contributed by atoms with Crippen LogP contribution in [0.15, 0.2) is 0 Å². The smallest absolute Gasteiger partial charge is 0.303 e. The van der Waals surface area contributed by atoms with Gasteiger partial charge in [0, 0.05) is 12.5 Å². The highest BCUT2D eigenvalue weighted by molar-refractivity contribution is 5.66. The number of rotatable bonds is 5. The summed E-state index contributed by atoms with van der Waals surface area (Å²) in [6.07, 6.45) is 7.11. The Morgan fingerprint density at radius 2 is 2.08 bits per heavy atom. The van der Waals surface area contributed by atoms with Gasteiger partial charge in [0.25, 0.3) is 0 Å². The lowest BCUT2D eigenvalue weighted by atomic mass is 9.96. The maximum absolute atomic E-state index is 10.3. The van der Waals surface area contributed by atoms with E-state index >= 15 is 0 Å². The zero-order valence-corrected chi connectivity index (χ0v) is 8.04. The van der Waals surface area contributed by atoms with E-state index in [-0.39, 0.29) is 12.5 Å². The fourth-order valence-electron chi connectivity index (χ4n) is 2.10. The van der Waals surface area contributed by atoms with E-state index in [1.165, 1.54) is 25.7 Å². The van der Waals surface area contributed by atoms with Crippen LogP contribution in [-0.2, 0) is 4.79 Å². The standard InChI is InChI=1S/C10H19NO2/c11-9(5-6-10(12)13)7-8-3-1-2-4-8/h8-9H,1-7,11H2,(H,12,13). The second kappa shape index (κ2) is 5.22. The van der Waals surface area contributed by atoms with Gasteiger partial charge < -0.3 is 10.8 Å². The van der Waals surface area contributed by atoms with E-state index in [0.717, 1.165) is 12.3 Å². The van der Waals surface area contributed by atoms with Crippen molar-refractivity contribution in [2.75, 3.05) is 0 Å². The molecule has 0 saturated heterocycles. The van der Waals surface area contributed by atoms with Crippen molar-refractivity contribution in [3.63, 3.8) is 0 Å². The van der Waals surface area contributed by atoms with Gasteiger partial charge in [-0.25, -0.2) is 0 Å². The molecule has 1 rings (SSSR count). The fourth-order valence-corrected chi connectivity index (χ4v) is 2.10. The predicted octanol–water partition coefficient (Wildman–Crippen LogP) is 1.76. The first-order valence-electron chi connectivity index (χ1n) is 5.16. The summed E-state index contributed by atoms with van der Waals surface area (Å²) in [6, 6.07) is 0.0965. The van der Waals surface area contributed by atoms with Crippen molar-refractivity contribution in [3.8, 4) is 0 Å². The third-order valence-electron chi connectivity index (χ3n) is 2.84. The number of hydrogen-bond acceptors (Lipinski definition) is 2. The molecule has 0 aliphatic heterocycles. The van der Waals surface area contributed by atoms with Crippen molar-refractivity contribution in [3.05, 3.63) is 0 Å². The highest BCUT2D eigenvalue weighted by Crippen LogP contribution is 2.28. The van der Waals surface area contributed by atoms with Gasteiger partial charge in [-0.05, 0) is 18.8 Å². The fraction of sp³-hybridized carbons (Fsp3) is 0.900. The molecule has 0 bridgehead atoms. The van der Waals surface area contributed by atoms with Crippen LogP contribution in [0.5, 0.6) is 0 Å². The molecular formula is C10H19NO2. The Labute approximate surface area is 79.3 Å². The molecule has 1 aliphatic rings. The molecule has 0 aromatic carbocycles. The Kier molecular flexibility index (Phi) is 4.22. The average Bonchev–Trinajstić information content (AvgIpc) is 2.53. The van der Waals surface area contributed by atoms with Crippen LogP contribution in [-0.4, -0.2) is 17.1 Å². The Balaban J connectivity index is 2.09. The Bertz CT molecular complexity index is 164. The second-order valence-electron chi connectivity index (χ2n) is 4.08. The Morgan fingerprint density at radius 1 is 1.46 bits per heavy atom. The van der Waals surface area contributed by atoms with Crippen LogP contribution in [0.3, 0.4) is 0 Å². The van der Waals surface area contributed by atoms with Gasteiger partial charge in [0.1, 0.15) is 0 Å². The lowest BCUT2D eigenvalue weighted by Crippen LogP contribution is -2.23. The summed E-state index contributed by atoms with van der Waals surface area (Å²) >= 11 is 0. The van der Waals surface area contributed by atoms with E-state index < -0.39 is 5.97 Å². The molecule has 0 aromatic heterocycles. The molecular weight excluding hydrogens is 166 g/mol. The normalized spacial score (nSPS) is 20.4. The first-order valence-corrected chi connectivity index (χ1v) is 5.16. The molecule has 1 unspecified atom stereocenters. The summed E-state index contributed by atoms with van der Waals surface area (Å²) in [5.41, 5.74) is 5.84. The highest BCUT2D eigenvalue weighted by Gasteiger charge is 2.18. The van der Waals surface area contributed by atoms with Gasteiger partial charge in [0.15, 0.2) is 0 Å². The predicted molar refractivity (Wildman–Crippen MR) is 51.4 cm³/mol. The summed E-state index contributed by atoms with van der Waals surface area (Å²) < 4.78 is 0. The van der Waals surface area contributed by atoms with Crippen molar-refractivity contribution in [1.29, 1.82) is 0 Å². The van der Waals surface area contributed by atoms with Crippen LogP contribution in [0, 0.1) is 5.92 Å². The first-order chi connectivity index (χ1) is 6.18. The lowest BCUT2D eigenvalue weighted by molar-refractivity contribution is -0.137. The van der Waals surface area contributed by atoms with Gasteiger partial charge in [0.05, 0.1) is 0 Å². The monoisotopic (exact) mass is 185 g/mol. The van der Waals surface area contributed by atoms with E-state index in [2.05, 4.69) is 0 Å². The Hall–Kier alpha value is -0.570. The Morgan fingerprint density at radius 3 is 2.62 bits per heavy atom. The maximum Gasteiger partial charge on any atom is 0.303 e. The van der Waals surface area contributed by atoms with Crippen LogP contribution in [0.25, 0.3) is 0 Å². The lowest BCUT2D eigenvalue weighted by Gasteiger charge is -2.14. The molecule has 1 aliphatic carbocycles. The topological polar surface area (TPSA) is 63.3 Å². The van der Waals surface area contributed by atoms with E-state index in [9.17, 15) is 4.79 Å². The van der Waals surface area contributed by atoms with Crippen molar-refractivity contribution in [2.45, 2.75) is 51.0 Å². The molecule has 13 heavy (non-hydrogen) atoms. The summed E-state index contributed by atoms with van der Waals surface area (Å²) in [7, 11) is 0. The summed E-state index contributed by atoms with van der Waals surface area (Å²) in [6.45, 7) is 0. The van der Waals surface area contributed by atoms with Gasteiger partial charge in [-0.3, -0.25) is 4.79 Å². The van der Waals surface area contributed by atoms with E-state index in [0.29, 0.717) is 6.42 Å². The minimum absolute atomic E-state index is 0.0965. The first kappa shape index (κ1) is 10.5. The van der Waals surface area contributed by atoms with Crippen molar-refractivity contribution in [2.24, 2.45) is 11.7 Å². The number of nitrogens with two attached hydrogens (primary N) is 1. The van der Waals surface area contributed by atoms with Crippen LogP contribution < -0.4 is 5.73 Å². The van der Waals surface area contributed by atoms with Gasteiger partial charge in [-0.1, -0.05) is 25.7 Å². The van der Waals surface area contributed by atoms with Crippen molar-refractivity contribution in [1.82, 2.24) is 0 Å². The largest absolute Gasteiger partial charge is 0.481 e. The number of carbonyl (C=O) groups is 1. The van der Waals surface area contributed by atoms with Crippen LogP contribution >= 0.6 is 0 Å². The molecule has 1 atom stereocenters. The zero-order valence-electron chi connectivity index (χ0n) is 8.04. The van der Waals surface area contributed by atoms with Crippen molar-refractivity contribution < 1.29 is 9.90 Å². The van der Waals surface area contributed by atoms with Crippen LogP contribution in [0.2, 0.25) is 0 Å². The molecule has 3 heteroatoms. The minimum Gasteiger partial charge on any atom is -0.481 e. The molecule has 3 N–H and O–H groups in total. The number of carboxylic acids is 1. The SMILES string of the molecule is NC(CCC(=O)O)CC1CCCC1. The summed E-state index contributed by atoms with van der Waals surface area (Å²) in [5.74, 6) is 0.0330. The molecule has 3 nitrogen and oxygen atoms in total. The van der Waals surface area contributed by atoms with Gasteiger partial charge in [-0.2, -0.15) is 0 Å². The van der Waals surface area contributed by atoms with Crippen LogP contribution in [0.4, 0.5) is 0 Å². The molecule has 0 aromatic rings. The second-order valence-corrected chi connectivity index (χ2v) is 4.08. The number of aliphatic carboxylic acids is 1. The average molecular weight is 185 g/mol. The molecule has 1 saturated carbocycles. The molecule has 0 spiro atoms. The third-order valence-corrected chi connectivity index (χ3v) is 2.84. The van der Waals surface area contributed by atoms with E-state index in [1.807, 2.05) is 0 Å². The zero-order chi connectivity index (χ0) is 9.68. The van der Waals surface area contributed by atoms with Gasteiger partial charge in [0.2, 0.25) is 0 Å². The van der Waals surface area contributed by atoms with Gasteiger partial charge in [-0.15, -0.1) is 0 Å². The molecule has 0 amide bonds. The number of carboxylic acid groups (broad SMARTS) is 1. The molecule has 0 heterocycles.